The summed E-state index contributed by atoms with van der Waals surface area (Å²) in [4.78, 5) is 25.2. The lowest BCUT2D eigenvalue weighted by atomic mass is 9.81. The molecule has 2 aromatic carbocycles. The summed E-state index contributed by atoms with van der Waals surface area (Å²) in [6, 6.07) is 16.8. The molecule has 144 valence electrons. The fourth-order valence-electron chi connectivity index (χ4n) is 3.71. The topological polar surface area (TPSA) is 82.0 Å². The number of anilines is 2. The summed E-state index contributed by atoms with van der Waals surface area (Å²) in [5, 5.41) is 14.9. The lowest BCUT2D eigenvalue weighted by Gasteiger charge is -2.27. The van der Waals surface area contributed by atoms with Crippen LogP contribution in [0, 0.1) is 23.2 Å². The lowest BCUT2D eigenvalue weighted by Crippen LogP contribution is -2.32. The molecule has 2 aromatic rings. The molecule has 5 nitrogen and oxygen atoms in total. The number of hydrogen-bond acceptors (Lipinski definition) is 3. The van der Waals surface area contributed by atoms with Crippen LogP contribution < -0.4 is 10.6 Å². The molecule has 0 aliphatic heterocycles. The summed E-state index contributed by atoms with van der Waals surface area (Å²) in [7, 11) is 0. The molecule has 3 rings (SSSR count). The first-order chi connectivity index (χ1) is 13.6. The molecule has 0 atom stereocenters. The predicted molar refractivity (Wildman–Crippen MR) is 110 cm³/mol. The fourth-order valence-corrected chi connectivity index (χ4v) is 3.71. The zero-order chi connectivity index (χ0) is 19.9. The molecule has 2 amide bonds. The van der Waals surface area contributed by atoms with Gasteiger partial charge >= 0.3 is 0 Å². The molecule has 0 radical (unpaired) electrons. The highest BCUT2D eigenvalue weighted by molar-refractivity contribution is 5.95. The van der Waals surface area contributed by atoms with Gasteiger partial charge in [-0.1, -0.05) is 31.2 Å². The van der Waals surface area contributed by atoms with Crippen LogP contribution in [-0.4, -0.2) is 11.8 Å². The standard InChI is InChI=1S/C23H25N3O2/c1-2-17-7-3-4-9-21(17)26-23(28)19-12-10-18(11-13-19)22(27)25-20-8-5-6-16(14-20)15-24/h3-9,14,18-19H,2,10-13H2,1H3,(H,25,27)(H,26,28). The van der Waals surface area contributed by atoms with E-state index in [9.17, 15) is 9.59 Å². The molecule has 0 aromatic heterocycles. The molecule has 1 aliphatic carbocycles. The van der Waals surface area contributed by atoms with Crippen molar-refractivity contribution < 1.29 is 9.59 Å². The van der Waals surface area contributed by atoms with Gasteiger partial charge in [0.25, 0.3) is 0 Å². The third-order valence-corrected chi connectivity index (χ3v) is 5.38. The van der Waals surface area contributed by atoms with Crippen molar-refractivity contribution >= 4 is 23.2 Å². The zero-order valence-corrected chi connectivity index (χ0v) is 16.1. The number of amides is 2. The number of nitriles is 1. The van der Waals surface area contributed by atoms with Gasteiger partial charge in [-0.3, -0.25) is 9.59 Å². The number of aryl methyl sites for hydroxylation is 1. The summed E-state index contributed by atoms with van der Waals surface area (Å²) in [6.07, 6.45) is 3.66. The van der Waals surface area contributed by atoms with Crippen LogP contribution in [0.3, 0.4) is 0 Å². The second kappa shape index (κ2) is 9.18. The smallest absolute Gasteiger partial charge is 0.227 e. The van der Waals surface area contributed by atoms with E-state index in [1.165, 1.54) is 0 Å². The van der Waals surface area contributed by atoms with Crippen LogP contribution >= 0.6 is 0 Å². The van der Waals surface area contributed by atoms with Crippen LogP contribution in [0.4, 0.5) is 11.4 Å². The van der Waals surface area contributed by atoms with Gasteiger partial charge in [-0.05, 0) is 61.9 Å². The maximum Gasteiger partial charge on any atom is 0.227 e. The number of carbonyl (C=O) groups is 2. The van der Waals surface area contributed by atoms with E-state index in [1.807, 2.05) is 24.3 Å². The maximum absolute atomic E-state index is 12.6. The van der Waals surface area contributed by atoms with Crippen LogP contribution in [-0.2, 0) is 16.0 Å². The van der Waals surface area contributed by atoms with Gasteiger partial charge in [0.15, 0.2) is 0 Å². The Labute approximate surface area is 165 Å². The van der Waals surface area contributed by atoms with Gasteiger partial charge in [-0.25, -0.2) is 0 Å². The summed E-state index contributed by atoms with van der Waals surface area (Å²) < 4.78 is 0. The molecule has 5 heteroatoms. The van der Waals surface area contributed by atoms with Crippen molar-refractivity contribution in [2.45, 2.75) is 39.0 Å². The molecular formula is C23H25N3O2. The van der Waals surface area contributed by atoms with E-state index in [0.29, 0.717) is 36.9 Å². The first-order valence-electron chi connectivity index (χ1n) is 9.80. The average Bonchev–Trinajstić information content (AvgIpc) is 2.74. The molecule has 0 heterocycles. The van der Waals surface area contributed by atoms with Gasteiger partial charge in [-0.15, -0.1) is 0 Å². The maximum atomic E-state index is 12.6. The van der Waals surface area contributed by atoms with E-state index >= 15 is 0 Å². The van der Waals surface area contributed by atoms with Crippen molar-refractivity contribution in [3.05, 3.63) is 59.7 Å². The van der Waals surface area contributed by atoms with Gasteiger partial charge in [0.2, 0.25) is 11.8 Å². The molecule has 0 saturated heterocycles. The Hall–Kier alpha value is -3.13. The monoisotopic (exact) mass is 375 g/mol. The highest BCUT2D eigenvalue weighted by atomic mass is 16.2. The van der Waals surface area contributed by atoms with Crippen molar-refractivity contribution in [2.24, 2.45) is 11.8 Å². The van der Waals surface area contributed by atoms with Gasteiger partial charge in [0.05, 0.1) is 11.6 Å². The SMILES string of the molecule is CCc1ccccc1NC(=O)C1CCC(C(=O)Nc2cccc(C#N)c2)CC1. The second-order valence-corrected chi connectivity index (χ2v) is 7.23. The summed E-state index contributed by atoms with van der Waals surface area (Å²) in [5.41, 5.74) is 3.17. The lowest BCUT2D eigenvalue weighted by molar-refractivity contribution is -0.125. The van der Waals surface area contributed by atoms with Crippen molar-refractivity contribution in [3.8, 4) is 6.07 Å². The van der Waals surface area contributed by atoms with E-state index in [-0.39, 0.29) is 23.7 Å². The first-order valence-corrected chi connectivity index (χ1v) is 9.80. The van der Waals surface area contributed by atoms with Crippen LogP contribution in [0.15, 0.2) is 48.5 Å². The van der Waals surface area contributed by atoms with Gasteiger partial charge in [-0.2, -0.15) is 5.26 Å². The van der Waals surface area contributed by atoms with Crippen LogP contribution in [0.2, 0.25) is 0 Å². The number of para-hydroxylation sites is 1. The van der Waals surface area contributed by atoms with Crippen molar-refractivity contribution in [1.29, 1.82) is 5.26 Å². The summed E-state index contributed by atoms with van der Waals surface area (Å²) in [6.45, 7) is 2.07. The number of rotatable bonds is 5. The Kier molecular flexibility index (Phi) is 6.44. The highest BCUT2D eigenvalue weighted by Gasteiger charge is 2.30. The number of hydrogen-bond donors (Lipinski definition) is 2. The molecule has 0 bridgehead atoms. The van der Waals surface area contributed by atoms with Crippen LogP contribution in [0.5, 0.6) is 0 Å². The molecule has 0 unspecified atom stereocenters. The third-order valence-electron chi connectivity index (χ3n) is 5.38. The largest absolute Gasteiger partial charge is 0.326 e. The fraction of sp³-hybridized carbons (Fsp3) is 0.348. The Morgan fingerprint density at radius 1 is 0.964 bits per heavy atom. The van der Waals surface area contributed by atoms with Crippen molar-refractivity contribution in [1.82, 2.24) is 0 Å². The highest BCUT2D eigenvalue weighted by Crippen LogP contribution is 2.31. The minimum atomic E-state index is -0.0993. The van der Waals surface area contributed by atoms with Crippen LogP contribution in [0.1, 0.15) is 43.7 Å². The quantitative estimate of drug-likeness (QED) is 0.807. The van der Waals surface area contributed by atoms with E-state index in [1.54, 1.807) is 24.3 Å². The molecular weight excluding hydrogens is 350 g/mol. The van der Waals surface area contributed by atoms with E-state index in [4.69, 9.17) is 5.26 Å². The first kappa shape index (κ1) is 19.6. The molecule has 28 heavy (non-hydrogen) atoms. The van der Waals surface area contributed by atoms with Crippen molar-refractivity contribution in [2.75, 3.05) is 10.6 Å². The van der Waals surface area contributed by atoms with E-state index < -0.39 is 0 Å². The predicted octanol–water partition coefficient (Wildman–Crippen LogP) is 4.50. The normalized spacial score (nSPS) is 18.7. The Morgan fingerprint density at radius 3 is 2.25 bits per heavy atom. The number of benzene rings is 2. The minimum Gasteiger partial charge on any atom is -0.326 e. The van der Waals surface area contributed by atoms with Gasteiger partial charge in [0.1, 0.15) is 0 Å². The molecule has 1 fully saturated rings. The summed E-state index contributed by atoms with van der Waals surface area (Å²) in [5.74, 6) is -0.152. The van der Waals surface area contributed by atoms with E-state index in [2.05, 4.69) is 23.6 Å². The van der Waals surface area contributed by atoms with Gasteiger partial charge < -0.3 is 10.6 Å². The van der Waals surface area contributed by atoms with Crippen molar-refractivity contribution in [3.63, 3.8) is 0 Å². The number of nitrogens with one attached hydrogen (secondary N) is 2. The Balaban J connectivity index is 1.53. The number of carbonyl (C=O) groups excluding carboxylic acids is 2. The molecule has 1 saturated carbocycles. The molecule has 0 spiro atoms. The number of nitrogens with zero attached hydrogens (tertiary/aromatic N) is 1. The summed E-state index contributed by atoms with van der Waals surface area (Å²) >= 11 is 0. The molecule has 2 N–H and O–H groups in total. The Morgan fingerprint density at radius 2 is 1.61 bits per heavy atom. The third kappa shape index (κ3) is 4.77. The van der Waals surface area contributed by atoms with E-state index in [0.717, 1.165) is 17.7 Å². The average molecular weight is 375 g/mol. The second-order valence-electron chi connectivity index (χ2n) is 7.23. The zero-order valence-electron chi connectivity index (χ0n) is 16.1. The van der Waals surface area contributed by atoms with Gasteiger partial charge in [0, 0.05) is 23.2 Å². The minimum absolute atomic E-state index is 0.0368. The Bertz CT molecular complexity index is 893. The van der Waals surface area contributed by atoms with Crippen LogP contribution in [0.25, 0.3) is 0 Å². The molecule has 1 aliphatic rings.